The van der Waals surface area contributed by atoms with Gasteiger partial charge in [0.25, 0.3) is 0 Å². The Bertz CT molecular complexity index is 626. The summed E-state index contributed by atoms with van der Waals surface area (Å²) >= 11 is 0. The molecule has 112 valence electrons. The molecule has 2 aromatic rings. The molecular formula is C13H16N4O4. The normalized spacial score (nSPS) is 10.4. The lowest BCUT2D eigenvalue weighted by molar-refractivity contribution is -0.137. The highest BCUT2D eigenvalue weighted by atomic mass is 16.5. The third-order valence-corrected chi connectivity index (χ3v) is 2.79. The fraction of sp³-hybridized carbons (Fsp3) is 0.385. The van der Waals surface area contributed by atoms with Crippen molar-refractivity contribution in [1.82, 2.24) is 20.2 Å². The van der Waals surface area contributed by atoms with E-state index in [-0.39, 0.29) is 13.0 Å². The third kappa shape index (κ3) is 3.47. The Balaban J connectivity index is 2.31. The molecule has 0 saturated heterocycles. The number of aliphatic carboxylic acids is 1. The molecule has 0 bridgehead atoms. The van der Waals surface area contributed by atoms with Crippen molar-refractivity contribution in [3.63, 3.8) is 0 Å². The lowest BCUT2D eigenvalue weighted by Crippen LogP contribution is -2.08. The van der Waals surface area contributed by atoms with Crippen LogP contribution in [-0.4, -0.2) is 45.0 Å². The van der Waals surface area contributed by atoms with Crippen molar-refractivity contribution < 1.29 is 19.4 Å². The summed E-state index contributed by atoms with van der Waals surface area (Å²) in [5.41, 5.74) is 0.731. The number of rotatable bonds is 7. The SMILES string of the molecule is CCOc1cc(-c2nnnn2CCC(=O)O)ccc1OC. The average Bonchev–Trinajstić information content (AvgIpc) is 2.94. The first-order valence-electron chi connectivity index (χ1n) is 6.45. The first-order valence-corrected chi connectivity index (χ1v) is 6.45. The Kier molecular flexibility index (Phi) is 4.70. The minimum absolute atomic E-state index is 0.0491. The number of hydrogen-bond donors (Lipinski definition) is 1. The van der Waals surface area contributed by atoms with Crippen molar-refractivity contribution in [3.05, 3.63) is 18.2 Å². The molecule has 2 rings (SSSR count). The Labute approximate surface area is 121 Å². The molecule has 0 aliphatic heterocycles. The van der Waals surface area contributed by atoms with Gasteiger partial charge in [0.1, 0.15) is 0 Å². The zero-order chi connectivity index (χ0) is 15.2. The molecule has 21 heavy (non-hydrogen) atoms. The van der Waals surface area contributed by atoms with Gasteiger partial charge in [-0.25, -0.2) is 4.68 Å². The molecular weight excluding hydrogens is 276 g/mol. The van der Waals surface area contributed by atoms with Crippen LogP contribution in [-0.2, 0) is 11.3 Å². The summed E-state index contributed by atoms with van der Waals surface area (Å²) in [6.07, 6.45) is -0.0491. The summed E-state index contributed by atoms with van der Waals surface area (Å²) in [5.74, 6) is 0.788. The summed E-state index contributed by atoms with van der Waals surface area (Å²) in [6, 6.07) is 5.33. The molecule has 0 amide bonds. The van der Waals surface area contributed by atoms with Gasteiger partial charge < -0.3 is 14.6 Å². The molecule has 8 heteroatoms. The van der Waals surface area contributed by atoms with Gasteiger partial charge in [0, 0.05) is 5.56 Å². The van der Waals surface area contributed by atoms with Crippen LogP contribution in [0.25, 0.3) is 11.4 Å². The second-order valence-electron chi connectivity index (χ2n) is 4.17. The van der Waals surface area contributed by atoms with Crippen LogP contribution in [0.15, 0.2) is 18.2 Å². The number of carboxylic acids is 1. The molecule has 8 nitrogen and oxygen atoms in total. The van der Waals surface area contributed by atoms with Crippen molar-refractivity contribution in [2.75, 3.05) is 13.7 Å². The highest BCUT2D eigenvalue weighted by Crippen LogP contribution is 2.31. The van der Waals surface area contributed by atoms with E-state index < -0.39 is 5.97 Å². The van der Waals surface area contributed by atoms with Crippen molar-refractivity contribution >= 4 is 5.97 Å². The topological polar surface area (TPSA) is 99.4 Å². The number of ether oxygens (including phenoxy) is 2. The number of aryl methyl sites for hydroxylation is 1. The quantitative estimate of drug-likeness (QED) is 0.819. The van der Waals surface area contributed by atoms with Crippen LogP contribution in [0.5, 0.6) is 11.5 Å². The van der Waals surface area contributed by atoms with E-state index in [2.05, 4.69) is 15.5 Å². The number of methoxy groups -OCH3 is 1. The Hall–Kier alpha value is -2.64. The molecule has 0 saturated carbocycles. The fourth-order valence-corrected chi connectivity index (χ4v) is 1.85. The molecule has 0 aliphatic carbocycles. The van der Waals surface area contributed by atoms with Crippen LogP contribution in [0.3, 0.4) is 0 Å². The van der Waals surface area contributed by atoms with Crippen LogP contribution in [0, 0.1) is 0 Å². The molecule has 1 N–H and O–H groups in total. The van der Waals surface area contributed by atoms with Gasteiger partial charge in [0.15, 0.2) is 17.3 Å². The maximum Gasteiger partial charge on any atom is 0.305 e. The first-order chi connectivity index (χ1) is 10.2. The van der Waals surface area contributed by atoms with Crippen molar-refractivity contribution in [3.8, 4) is 22.9 Å². The molecule has 0 unspecified atom stereocenters. The standard InChI is InChI=1S/C13H16N4O4/c1-3-21-11-8-9(4-5-10(11)20-2)13-14-15-16-17(13)7-6-12(18)19/h4-5,8H,3,6-7H2,1-2H3,(H,18,19). The van der Waals surface area contributed by atoms with Gasteiger partial charge in [-0.15, -0.1) is 5.10 Å². The van der Waals surface area contributed by atoms with Gasteiger partial charge in [-0.1, -0.05) is 0 Å². The van der Waals surface area contributed by atoms with E-state index in [0.29, 0.717) is 23.9 Å². The fourth-order valence-electron chi connectivity index (χ4n) is 1.85. The van der Waals surface area contributed by atoms with E-state index in [1.807, 2.05) is 6.92 Å². The molecule has 0 atom stereocenters. The lowest BCUT2D eigenvalue weighted by Gasteiger charge is -2.10. The largest absolute Gasteiger partial charge is 0.493 e. The molecule has 0 fully saturated rings. The number of benzene rings is 1. The summed E-state index contributed by atoms with van der Waals surface area (Å²) in [4.78, 5) is 10.6. The van der Waals surface area contributed by atoms with Crippen molar-refractivity contribution in [2.24, 2.45) is 0 Å². The van der Waals surface area contributed by atoms with E-state index >= 15 is 0 Å². The average molecular weight is 292 g/mol. The zero-order valence-electron chi connectivity index (χ0n) is 11.8. The number of nitrogens with zero attached hydrogens (tertiary/aromatic N) is 4. The van der Waals surface area contributed by atoms with E-state index in [9.17, 15) is 4.79 Å². The Morgan fingerprint density at radius 2 is 2.19 bits per heavy atom. The molecule has 0 aliphatic rings. The number of carboxylic acid groups (broad SMARTS) is 1. The van der Waals surface area contributed by atoms with Crippen molar-refractivity contribution in [1.29, 1.82) is 0 Å². The summed E-state index contributed by atoms with van der Waals surface area (Å²) < 4.78 is 12.2. The lowest BCUT2D eigenvalue weighted by atomic mass is 10.2. The second kappa shape index (κ2) is 6.69. The van der Waals surface area contributed by atoms with Crippen LogP contribution in [0.2, 0.25) is 0 Å². The molecule has 0 radical (unpaired) electrons. The molecule has 1 heterocycles. The van der Waals surface area contributed by atoms with Gasteiger partial charge in [-0.3, -0.25) is 4.79 Å². The van der Waals surface area contributed by atoms with Crippen molar-refractivity contribution in [2.45, 2.75) is 19.9 Å². The summed E-state index contributed by atoms with van der Waals surface area (Å²) in [5, 5.41) is 20.1. The van der Waals surface area contributed by atoms with E-state index in [1.54, 1.807) is 25.3 Å². The number of hydrogen-bond acceptors (Lipinski definition) is 6. The van der Waals surface area contributed by atoms with Gasteiger partial charge in [0.2, 0.25) is 0 Å². The van der Waals surface area contributed by atoms with Gasteiger partial charge in [0.05, 0.1) is 26.7 Å². The minimum Gasteiger partial charge on any atom is -0.493 e. The third-order valence-electron chi connectivity index (χ3n) is 2.79. The number of tetrazole rings is 1. The highest BCUT2D eigenvalue weighted by molar-refractivity contribution is 5.67. The summed E-state index contributed by atoms with van der Waals surface area (Å²) in [6.45, 7) is 2.58. The number of carbonyl (C=O) groups is 1. The first kappa shape index (κ1) is 14.8. The zero-order valence-corrected chi connectivity index (χ0v) is 11.8. The van der Waals surface area contributed by atoms with Crippen LogP contribution in [0.4, 0.5) is 0 Å². The monoisotopic (exact) mass is 292 g/mol. The predicted octanol–water partition coefficient (Wildman–Crippen LogP) is 1.22. The molecule has 1 aromatic carbocycles. The van der Waals surface area contributed by atoms with E-state index in [4.69, 9.17) is 14.6 Å². The number of aromatic nitrogens is 4. The second-order valence-corrected chi connectivity index (χ2v) is 4.17. The van der Waals surface area contributed by atoms with Crippen LogP contribution < -0.4 is 9.47 Å². The van der Waals surface area contributed by atoms with E-state index in [1.165, 1.54) is 4.68 Å². The summed E-state index contributed by atoms with van der Waals surface area (Å²) in [7, 11) is 1.56. The smallest absolute Gasteiger partial charge is 0.305 e. The van der Waals surface area contributed by atoms with E-state index in [0.717, 1.165) is 5.56 Å². The van der Waals surface area contributed by atoms with Crippen LogP contribution >= 0.6 is 0 Å². The van der Waals surface area contributed by atoms with Gasteiger partial charge in [-0.2, -0.15) is 0 Å². The predicted molar refractivity (Wildman–Crippen MR) is 73.2 cm³/mol. The van der Waals surface area contributed by atoms with Gasteiger partial charge >= 0.3 is 5.97 Å². The highest BCUT2D eigenvalue weighted by Gasteiger charge is 2.13. The maximum absolute atomic E-state index is 10.6. The van der Waals surface area contributed by atoms with Gasteiger partial charge in [-0.05, 0) is 35.5 Å². The molecule has 1 aromatic heterocycles. The Morgan fingerprint density at radius 3 is 2.86 bits per heavy atom. The Morgan fingerprint density at radius 1 is 1.38 bits per heavy atom. The minimum atomic E-state index is -0.902. The molecule has 0 spiro atoms. The van der Waals surface area contributed by atoms with Crippen LogP contribution in [0.1, 0.15) is 13.3 Å². The maximum atomic E-state index is 10.6.